The summed E-state index contributed by atoms with van der Waals surface area (Å²) in [6, 6.07) is 8.31. The molecule has 0 aromatic heterocycles. The van der Waals surface area contributed by atoms with Gasteiger partial charge in [-0.2, -0.15) is 0 Å². The largest absolute Gasteiger partial charge is 0.495 e. The molecule has 0 saturated heterocycles. The maximum Gasteiger partial charge on any atom is 0.145 e. The molecule has 0 aliphatic rings. The van der Waals surface area contributed by atoms with Gasteiger partial charge in [0.15, 0.2) is 0 Å². The summed E-state index contributed by atoms with van der Waals surface area (Å²) in [4.78, 5) is 0. The van der Waals surface area contributed by atoms with Crippen molar-refractivity contribution in [3.8, 4) is 11.5 Å². The van der Waals surface area contributed by atoms with E-state index in [4.69, 9.17) is 21.1 Å². The van der Waals surface area contributed by atoms with Crippen LogP contribution in [0.5, 0.6) is 11.5 Å². The molecular weight excluding hydrogens is 361 g/mol. The van der Waals surface area contributed by atoms with Crippen molar-refractivity contribution in [2.75, 3.05) is 19.5 Å². The van der Waals surface area contributed by atoms with E-state index < -0.39 is 0 Å². The summed E-state index contributed by atoms with van der Waals surface area (Å²) in [6.45, 7) is 0.428. The van der Waals surface area contributed by atoms with Crippen molar-refractivity contribution in [1.29, 1.82) is 0 Å². The fourth-order valence-corrected chi connectivity index (χ4v) is 2.52. The van der Waals surface area contributed by atoms with Crippen molar-refractivity contribution < 1.29 is 13.9 Å². The van der Waals surface area contributed by atoms with Gasteiger partial charge < -0.3 is 14.8 Å². The van der Waals surface area contributed by atoms with Crippen LogP contribution in [-0.2, 0) is 6.54 Å². The molecule has 2 rings (SSSR count). The van der Waals surface area contributed by atoms with Gasteiger partial charge in [-0.3, -0.25) is 0 Å². The highest BCUT2D eigenvalue weighted by Crippen LogP contribution is 2.36. The van der Waals surface area contributed by atoms with Gasteiger partial charge in [0.25, 0.3) is 0 Å². The fraction of sp³-hybridized carbons (Fsp3) is 0.200. The Morgan fingerprint density at radius 3 is 2.57 bits per heavy atom. The Morgan fingerprint density at radius 2 is 1.90 bits per heavy atom. The fourth-order valence-electron chi connectivity index (χ4n) is 1.87. The number of rotatable bonds is 5. The first kappa shape index (κ1) is 15.9. The minimum atomic E-state index is -0.297. The minimum Gasteiger partial charge on any atom is -0.495 e. The minimum absolute atomic E-state index is 0.297. The van der Waals surface area contributed by atoms with Crippen LogP contribution in [0, 0.1) is 5.82 Å². The van der Waals surface area contributed by atoms with E-state index in [9.17, 15) is 4.39 Å². The second-order valence-electron chi connectivity index (χ2n) is 4.25. The first-order valence-electron chi connectivity index (χ1n) is 6.15. The first-order chi connectivity index (χ1) is 10.1. The maximum absolute atomic E-state index is 13.5. The molecular formula is C15H14BrClFNO2. The highest BCUT2D eigenvalue weighted by molar-refractivity contribution is 9.10. The number of hydrogen-bond donors (Lipinski definition) is 1. The molecule has 0 fully saturated rings. The highest BCUT2D eigenvalue weighted by atomic mass is 79.9. The Balaban J connectivity index is 2.23. The van der Waals surface area contributed by atoms with Crippen LogP contribution in [0.15, 0.2) is 34.8 Å². The van der Waals surface area contributed by atoms with Crippen LogP contribution >= 0.6 is 27.5 Å². The second-order valence-corrected chi connectivity index (χ2v) is 5.45. The molecule has 0 spiro atoms. The number of hydrogen-bond acceptors (Lipinski definition) is 3. The lowest BCUT2D eigenvalue weighted by atomic mass is 10.2. The molecule has 0 heterocycles. The third kappa shape index (κ3) is 3.60. The van der Waals surface area contributed by atoms with Crippen molar-refractivity contribution in [1.82, 2.24) is 0 Å². The van der Waals surface area contributed by atoms with Crippen molar-refractivity contribution in [2.45, 2.75) is 6.54 Å². The van der Waals surface area contributed by atoms with E-state index in [-0.39, 0.29) is 5.82 Å². The number of ether oxygens (including phenoxy) is 2. The van der Waals surface area contributed by atoms with Gasteiger partial charge in [-0.1, -0.05) is 23.7 Å². The van der Waals surface area contributed by atoms with E-state index in [1.54, 1.807) is 25.3 Å². The number of benzene rings is 2. The molecule has 21 heavy (non-hydrogen) atoms. The molecule has 0 atom stereocenters. The summed E-state index contributed by atoms with van der Waals surface area (Å²) < 4.78 is 24.4. The zero-order valence-corrected chi connectivity index (χ0v) is 13.9. The molecule has 112 valence electrons. The van der Waals surface area contributed by atoms with Gasteiger partial charge in [0.05, 0.1) is 29.4 Å². The van der Waals surface area contributed by atoms with Crippen LogP contribution in [0.2, 0.25) is 5.02 Å². The quantitative estimate of drug-likeness (QED) is 0.810. The van der Waals surface area contributed by atoms with E-state index in [0.717, 1.165) is 5.56 Å². The lowest BCUT2D eigenvalue weighted by Crippen LogP contribution is -2.03. The first-order valence-corrected chi connectivity index (χ1v) is 7.32. The van der Waals surface area contributed by atoms with Crippen LogP contribution in [0.4, 0.5) is 10.1 Å². The second kappa shape index (κ2) is 7.00. The summed E-state index contributed by atoms with van der Waals surface area (Å²) in [5, 5.41) is 3.65. The number of halogens is 3. The molecule has 0 radical (unpaired) electrons. The zero-order chi connectivity index (χ0) is 15.4. The van der Waals surface area contributed by atoms with Crippen LogP contribution in [0.25, 0.3) is 0 Å². The van der Waals surface area contributed by atoms with E-state index in [1.807, 2.05) is 6.07 Å². The lowest BCUT2D eigenvalue weighted by Gasteiger charge is -2.14. The van der Waals surface area contributed by atoms with Gasteiger partial charge in [0, 0.05) is 12.6 Å². The lowest BCUT2D eigenvalue weighted by molar-refractivity contribution is 0.395. The Kier molecular flexibility index (Phi) is 5.31. The zero-order valence-electron chi connectivity index (χ0n) is 11.5. The van der Waals surface area contributed by atoms with Gasteiger partial charge in [-0.15, -0.1) is 0 Å². The van der Waals surface area contributed by atoms with Crippen LogP contribution in [0.3, 0.4) is 0 Å². The SMILES string of the molecule is COc1cc(OC)c(NCc2cccc(F)c2Br)cc1Cl. The Hall–Kier alpha value is -1.46. The number of nitrogens with one attached hydrogen (secondary N) is 1. The molecule has 0 amide bonds. The van der Waals surface area contributed by atoms with Gasteiger partial charge in [-0.25, -0.2) is 4.39 Å². The number of anilines is 1. The number of methoxy groups -OCH3 is 2. The molecule has 0 saturated carbocycles. The van der Waals surface area contributed by atoms with Crippen molar-refractivity contribution in [3.05, 3.63) is 51.2 Å². The summed E-state index contributed by atoms with van der Waals surface area (Å²) in [7, 11) is 3.10. The predicted octanol–water partition coefficient (Wildman–Crippen LogP) is 4.87. The summed E-state index contributed by atoms with van der Waals surface area (Å²) in [5.41, 5.74) is 1.50. The van der Waals surface area contributed by atoms with E-state index in [1.165, 1.54) is 13.2 Å². The van der Waals surface area contributed by atoms with Crippen LogP contribution in [-0.4, -0.2) is 14.2 Å². The summed E-state index contributed by atoms with van der Waals surface area (Å²) in [6.07, 6.45) is 0. The molecule has 0 unspecified atom stereocenters. The van der Waals surface area contributed by atoms with Crippen LogP contribution in [0.1, 0.15) is 5.56 Å². The monoisotopic (exact) mass is 373 g/mol. The predicted molar refractivity (Wildman–Crippen MR) is 86.0 cm³/mol. The normalized spacial score (nSPS) is 10.3. The van der Waals surface area contributed by atoms with Gasteiger partial charge in [0.1, 0.15) is 17.3 Å². The highest BCUT2D eigenvalue weighted by Gasteiger charge is 2.11. The van der Waals surface area contributed by atoms with Gasteiger partial charge in [0.2, 0.25) is 0 Å². The molecule has 6 heteroatoms. The topological polar surface area (TPSA) is 30.5 Å². The smallest absolute Gasteiger partial charge is 0.145 e. The third-order valence-corrected chi connectivity index (χ3v) is 4.16. The standard InChI is InChI=1S/C15H14BrClFNO2/c1-20-13-7-14(21-2)12(6-10(13)17)19-8-9-4-3-5-11(18)15(9)16/h3-7,19H,8H2,1-2H3. The molecule has 0 aliphatic carbocycles. The Labute approximate surface area is 136 Å². The summed E-state index contributed by atoms with van der Waals surface area (Å²) >= 11 is 9.34. The third-order valence-electron chi connectivity index (χ3n) is 2.97. The molecule has 2 aromatic rings. The Morgan fingerprint density at radius 1 is 1.19 bits per heavy atom. The molecule has 0 bridgehead atoms. The average molecular weight is 375 g/mol. The van der Waals surface area contributed by atoms with Crippen LogP contribution < -0.4 is 14.8 Å². The Bertz CT molecular complexity index is 652. The van der Waals surface area contributed by atoms with E-state index >= 15 is 0 Å². The van der Waals surface area contributed by atoms with Crippen molar-refractivity contribution in [3.63, 3.8) is 0 Å². The molecule has 1 N–H and O–H groups in total. The maximum atomic E-state index is 13.5. The van der Waals surface area contributed by atoms with Crippen molar-refractivity contribution in [2.24, 2.45) is 0 Å². The van der Waals surface area contributed by atoms with Crippen molar-refractivity contribution >= 4 is 33.2 Å². The summed E-state index contributed by atoms with van der Waals surface area (Å²) in [5.74, 6) is 0.837. The molecule has 0 aliphatic heterocycles. The van der Waals surface area contributed by atoms with Gasteiger partial charge >= 0.3 is 0 Å². The average Bonchev–Trinajstić information content (AvgIpc) is 2.49. The van der Waals surface area contributed by atoms with E-state index in [2.05, 4.69) is 21.2 Å². The molecule has 2 aromatic carbocycles. The van der Waals surface area contributed by atoms with Gasteiger partial charge in [-0.05, 0) is 33.6 Å². The molecule has 3 nitrogen and oxygen atoms in total. The van der Waals surface area contributed by atoms with E-state index in [0.29, 0.717) is 33.2 Å².